The zero-order chi connectivity index (χ0) is 15.1. The van der Waals surface area contributed by atoms with Crippen LogP contribution in [0.25, 0.3) is 0 Å². The third kappa shape index (κ3) is 5.10. The molecule has 0 fully saturated rings. The van der Waals surface area contributed by atoms with E-state index in [9.17, 15) is 0 Å². The fourth-order valence-electron chi connectivity index (χ4n) is 1.89. The lowest BCUT2D eigenvalue weighted by Gasteiger charge is -2.09. The van der Waals surface area contributed by atoms with E-state index in [0.717, 1.165) is 40.8 Å². The Labute approximate surface area is 134 Å². The van der Waals surface area contributed by atoms with E-state index in [1.54, 1.807) is 0 Å². The van der Waals surface area contributed by atoms with E-state index in [4.69, 9.17) is 4.74 Å². The van der Waals surface area contributed by atoms with Gasteiger partial charge in [-0.3, -0.25) is 0 Å². The maximum Gasteiger partial charge on any atom is 0.316 e. The lowest BCUT2D eigenvalue weighted by molar-refractivity contribution is 0.279. The number of rotatable bonds is 7. The molecular formula is C16H20BrN3O. The highest BCUT2D eigenvalue weighted by Crippen LogP contribution is 2.14. The Balaban J connectivity index is 1.93. The van der Waals surface area contributed by atoms with Crippen molar-refractivity contribution in [1.29, 1.82) is 0 Å². The van der Waals surface area contributed by atoms with Gasteiger partial charge in [0.05, 0.1) is 0 Å². The molecule has 1 N–H and O–H groups in total. The van der Waals surface area contributed by atoms with E-state index >= 15 is 0 Å². The summed E-state index contributed by atoms with van der Waals surface area (Å²) in [6.45, 7) is 6.39. The minimum atomic E-state index is 0.423. The Hall–Kier alpha value is -1.46. The van der Waals surface area contributed by atoms with E-state index in [1.165, 1.54) is 0 Å². The average molecular weight is 350 g/mol. The lowest BCUT2D eigenvalue weighted by atomic mass is 10.2. The molecular weight excluding hydrogens is 330 g/mol. The van der Waals surface area contributed by atoms with Gasteiger partial charge in [-0.1, -0.05) is 35.0 Å². The number of hydrogen-bond donors (Lipinski definition) is 1. The van der Waals surface area contributed by atoms with E-state index in [1.807, 2.05) is 37.4 Å². The standard InChI is InChI=1S/C16H20BrN3O/c1-3-7-18-9-14-10-19-16(20-12(14)2)21-11-13-5-4-6-15(17)8-13/h4-6,8,10,18H,3,7,9,11H2,1-2H3. The Bertz CT molecular complexity index is 589. The quantitative estimate of drug-likeness (QED) is 0.775. The van der Waals surface area contributed by atoms with Gasteiger partial charge in [-0.05, 0) is 37.6 Å². The average Bonchev–Trinajstić information content (AvgIpc) is 2.47. The summed E-state index contributed by atoms with van der Waals surface area (Å²) >= 11 is 3.45. The van der Waals surface area contributed by atoms with Crippen molar-refractivity contribution in [3.63, 3.8) is 0 Å². The molecule has 1 heterocycles. The number of ether oxygens (including phenoxy) is 1. The van der Waals surface area contributed by atoms with Crippen LogP contribution in [0.2, 0.25) is 0 Å². The molecule has 0 bridgehead atoms. The molecule has 0 spiro atoms. The van der Waals surface area contributed by atoms with Crippen LogP contribution in [0.5, 0.6) is 6.01 Å². The van der Waals surface area contributed by atoms with Crippen LogP contribution in [0.15, 0.2) is 34.9 Å². The normalized spacial score (nSPS) is 10.6. The maximum atomic E-state index is 5.65. The molecule has 1 aromatic carbocycles. The van der Waals surface area contributed by atoms with E-state index < -0.39 is 0 Å². The number of benzene rings is 1. The highest BCUT2D eigenvalue weighted by atomic mass is 79.9. The first-order valence-corrected chi connectivity index (χ1v) is 7.89. The Morgan fingerprint density at radius 1 is 1.33 bits per heavy atom. The first-order chi connectivity index (χ1) is 10.2. The van der Waals surface area contributed by atoms with Crippen molar-refractivity contribution < 1.29 is 4.74 Å². The minimum Gasteiger partial charge on any atom is -0.459 e. The van der Waals surface area contributed by atoms with Crippen molar-refractivity contribution in [3.8, 4) is 6.01 Å². The predicted molar refractivity (Wildman–Crippen MR) is 87.2 cm³/mol. The lowest BCUT2D eigenvalue weighted by Crippen LogP contribution is -2.15. The highest BCUT2D eigenvalue weighted by Gasteiger charge is 2.04. The summed E-state index contributed by atoms with van der Waals surface area (Å²) in [6.07, 6.45) is 2.95. The first kappa shape index (κ1) is 15.9. The fraction of sp³-hybridized carbons (Fsp3) is 0.375. The number of nitrogens with zero attached hydrogens (tertiary/aromatic N) is 2. The minimum absolute atomic E-state index is 0.423. The van der Waals surface area contributed by atoms with Crippen LogP contribution in [0.4, 0.5) is 0 Å². The molecule has 0 atom stereocenters. The van der Waals surface area contributed by atoms with Crippen LogP contribution in [0, 0.1) is 6.92 Å². The Morgan fingerprint density at radius 2 is 2.19 bits per heavy atom. The van der Waals surface area contributed by atoms with E-state index in [2.05, 4.69) is 38.1 Å². The molecule has 5 heteroatoms. The van der Waals surface area contributed by atoms with Gasteiger partial charge in [0.25, 0.3) is 0 Å². The van der Waals surface area contributed by atoms with Gasteiger partial charge in [-0.2, -0.15) is 0 Å². The van der Waals surface area contributed by atoms with Crippen LogP contribution < -0.4 is 10.1 Å². The van der Waals surface area contributed by atoms with Gasteiger partial charge in [0.15, 0.2) is 0 Å². The number of hydrogen-bond acceptors (Lipinski definition) is 4. The van der Waals surface area contributed by atoms with Crippen molar-refractivity contribution in [2.45, 2.75) is 33.4 Å². The molecule has 1 aromatic heterocycles. The molecule has 0 saturated carbocycles. The maximum absolute atomic E-state index is 5.65. The molecule has 0 saturated heterocycles. The summed E-state index contributed by atoms with van der Waals surface area (Å²) < 4.78 is 6.68. The van der Waals surface area contributed by atoms with Crippen molar-refractivity contribution >= 4 is 15.9 Å². The molecule has 0 amide bonds. The van der Waals surface area contributed by atoms with Crippen molar-refractivity contribution in [1.82, 2.24) is 15.3 Å². The van der Waals surface area contributed by atoms with Gasteiger partial charge in [0, 0.05) is 28.5 Å². The largest absolute Gasteiger partial charge is 0.459 e. The van der Waals surface area contributed by atoms with Crippen molar-refractivity contribution in [3.05, 3.63) is 51.8 Å². The predicted octanol–water partition coefficient (Wildman–Crippen LogP) is 3.63. The summed E-state index contributed by atoms with van der Waals surface area (Å²) in [6, 6.07) is 8.43. The van der Waals surface area contributed by atoms with E-state index in [0.29, 0.717) is 12.6 Å². The van der Waals surface area contributed by atoms with Gasteiger partial charge < -0.3 is 10.1 Å². The number of halogens is 1. The first-order valence-electron chi connectivity index (χ1n) is 7.09. The molecule has 2 aromatic rings. The Morgan fingerprint density at radius 3 is 2.90 bits per heavy atom. The van der Waals surface area contributed by atoms with Crippen LogP contribution in [0.3, 0.4) is 0 Å². The molecule has 21 heavy (non-hydrogen) atoms. The van der Waals surface area contributed by atoms with Gasteiger partial charge in [0.2, 0.25) is 0 Å². The summed E-state index contributed by atoms with van der Waals surface area (Å²) in [5.74, 6) is 0. The van der Waals surface area contributed by atoms with E-state index in [-0.39, 0.29) is 0 Å². The smallest absolute Gasteiger partial charge is 0.316 e. The second-order valence-electron chi connectivity index (χ2n) is 4.86. The summed E-state index contributed by atoms with van der Waals surface area (Å²) in [4.78, 5) is 8.68. The molecule has 4 nitrogen and oxygen atoms in total. The van der Waals surface area contributed by atoms with Crippen LogP contribution >= 0.6 is 15.9 Å². The van der Waals surface area contributed by atoms with Gasteiger partial charge in [-0.15, -0.1) is 0 Å². The molecule has 112 valence electrons. The second kappa shape index (κ2) is 8.10. The highest BCUT2D eigenvalue weighted by molar-refractivity contribution is 9.10. The molecule has 2 rings (SSSR count). The molecule has 0 aliphatic carbocycles. The number of nitrogens with one attached hydrogen (secondary N) is 1. The molecule has 0 aliphatic rings. The van der Waals surface area contributed by atoms with Crippen molar-refractivity contribution in [2.24, 2.45) is 0 Å². The molecule has 0 radical (unpaired) electrons. The van der Waals surface area contributed by atoms with Crippen LogP contribution in [0.1, 0.15) is 30.2 Å². The third-order valence-corrected chi connectivity index (χ3v) is 3.55. The fourth-order valence-corrected chi connectivity index (χ4v) is 2.33. The van der Waals surface area contributed by atoms with Gasteiger partial charge in [0.1, 0.15) is 6.61 Å². The van der Waals surface area contributed by atoms with Gasteiger partial charge >= 0.3 is 6.01 Å². The third-order valence-electron chi connectivity index (χ3n) is 3.06. The zero-order valence-electron chi connectivity index (χ0n) is 12.4. The summed E-state index contributed by atoms with van der Waals surface area (Å²) in [7, 11) is 0. The summed E-state index contributed by atoms with van der Waals surface area (Å²) in [5, 5.41) is 3.35. The zero-order valence-corrected chi connectivity index (χ0v) is 14.0. The van der Waals surface area contributed by atoms with Gasteiger partial charge in [-0.25, -0.2) is 9.97 Å². The Kier molecular flexibility index (Phi) is 6.14. The number of aryl methyl sites for hydroxylation is 1. The van der Waals surface area contributed by atoms with Crippen molar-refractivity contribution in [2.75, 3.05) is 6.54 Å². The molecule has 0 unspecified atom stereocenters. The second-order valence-corrected chi connectivity index (χ2v) is 5.77. The number of aromatic nitrogens is 2. The SMILES string of the molecule is CCCNCc1cnc(OCc2cccc(Br)c2)nc1C. The topological polar surface area (TPSA) is 47.0 Å². The van der Waals surface area contributed by atoms with Crippen LogP contribution in [-0.4, -0.2) is 16.5 Å². The summed E-state index contributed by atoms with van der Waals surface area (Å²) in [5.41, 5.74) is 3.15. The monoisotopic (exact) mass is 349 g/mol. The molecule has 0 aliphatic heterocycles. The van der Waals surface area contributed by atoms with Crippen LogP contribution in [-0.2, 0) is 13.2 Å².